The molecule has 0 aromatic rings. The summed E-state index contributed by atoms with van der Waals surface area (Å²) in [6.07, 6.45) is -5.26. The monoisotopic (exact) mass is 331 g/mol. The second-order valence-corrected chi connectivity index (χ2v) is 4.71. The molecule has 0 aromatic carbocycles. The Labute approximate surface area is 131 Å². The normalized spacial score (nSPS) is 29.8. The van der Waals surface area contributed by atoms with E-state index in [9.17, 15) is 19.5 Å². The number of esters is 3. The molecule has 11 heteroatoms. The highest BCUT2D eigenvalue weighted by Gasteiger charge is 2.49. The Hall–Kier alpha value is -2.36. The van der Waals surface area contributed by atoms with E-state index in [0.717, 1.165) is 20.8 Å². The van der Waals surface area contributed by atoms with Gasteiger partial charge < -0.3 is 24.1 Å². The fraction of sp³-hybridized carbons (Fsp3) is 0.750. The van der Waals surface area contributed by atoms with Gasteiger partial charge in [-0.05, 0) is 5.53 Å². The molecule has 128 valence electrons. The van der Waals surface area contributed by atoms with Crippen LogP contribution in [-0.2, 0) is 33.3 Å². The number of carbonyl (C=O) groups is 3. The van der Waals surface area contributed by atoms with Crippen molar-refractivity contribution < 1.29 is 38.4 Å². The van der Waals surface area contributed by atoms with E-state index < -0.39 is 48.6 Å². The SMILES string of the molecule is CC(=O)OC[C@H]1O[C@@H](O)[C@H](N=[N+]=[N-])[C@@H](OC(C)=O)[C@@H]1OC(C)=O. The summed E-state index contributed by atoms with van der Waals surface area (Å²) < 4.78 is 20.0. The molecule has 11 nitrogen and oxygen atoms in total. The van der Waals surface area contributed by atoms with Crippen LogP contribution in [0, 0.1) is 0 Å². The molecule has 0 spiro atoms. The maximum atomic E-state index is 11.3. The van der Waals surface area contributed by atoms with Crippen LogP contribution in [0.4, 0.5) is 0 Å². The predicted molar refractivity (Wildman–Crippen MR) is 71.6 cm³/mol. The summed E-state index contributed by atoms with van der Waals surface area (Å²) >= 11 is 0. The lowest BCUT2D eigenvalue weighted by Crippen LogP contribution is -2.60. The summed E-state index contributed by atoms with van der Waals surface area (Å²) in [5.74, 6) is -2.09. The maximum Gasteiger partial charge on any atom is 0.303 e. The van der Waals surface area contributed by atoms with Crippen molar-refractivity contribution in [3.05, 3.63) is 10.4 Å². The average molecular weight is 331 g/mol. The number of rotatable bonds is 5. The third-order valence-corrected chi connectivity index (χ3v) is 2.87. The molecule has 1 saturated heterocycles. The van der Waals surface area contributed by atoms with E-state index in [1.807, 2.05) is 0 Å². The summed E-state index contributed by atoms with van der Waals surface area (Å²) in [4.78, 5) is 36.0. The van der Waals surface area contributed by atoms with Gasteiger partial charge in [0.2, 0.25) is 0 Å². The van der Waals surface area contributed by atoms with E-state index in [0.29, 0.717) is 0 Å². The highest BCUT2D eigenvalue weighted by atomic mass is 16.7. The molecule has 0 bridgehead atoms. The topological polar surface area (TPSA) is 157 Å². The van der Waals surface area contributed by atoms with Crippen molar-refractivity contribution in [1.29, 1.82) is 0 Å². The highest BCUT2D eigenvalue weighted by molar-refractivity contribution is 5.67. The standard InChI is InChI=1S/C12H17N3O8/c1-5(16)20-4-8-10(21-6(2)17)11(22-7(3)18)9(14-15-13)12(19)23-8/h8-12,19H,4H2,1-3H3/t8-,9-,10-,11-,12-/m1/s1. The molecular weight excluding hydrogens is 314 g/mol. The largest absolute Gasteiger partial charge is 0.463 e. The van der Waals surface area contributed by atoms with Gasteiger partial charge in [-0.1, -0.05) is 5.11 Å². The Balaban J connectivity index is 3.11. The van der Waals surface area contributed by atoms with Gasteiger partial charge in [0.25, 0.3) is 0 Å². The molecule has 1 fully saturated rings. The van der Waals surface area contributed by atoms with Gasteiger partial charge in [-0.3, -0.25) is 14.4 Å². The quantitative estimate of drug-likeness (QED) is 0.239. The molecule has 0 radical (unpaired) electrons. The average Bonchev–Trinajstić information content (AvgIpc) is 2.42. The van der Waals surface area contributed by atoms with E-state index in [4.69, 9.17) is 24.5 Å². The zero-order chi connectivity index (χ0) is 17.6. The van der Waals surface area contributed by atoms with Crippen molar-refractivity contribution in [2.45, 2.75) is 51.4 Å². The minimum absolute atomic E-state index is 0.356. The molecule has 0 unspecified atom stereocenters. The van der Waals surface area contributed by atoms with Gasteiger partial charge in [0.1, 0.15) is 18.8 Å². The Bertz CT molecular complexity index is 518. The molecule has 0 amide bonds. The van der Waals surface area contributed by atoms with Gasteiger partial charge in [-0.25, -0.2) is 0 Å². The van der Waals surface area contributed by atoms with Gasteiger partial charge in [-0.2, -0.15) is 0 Å². The second kappa shape index (κ2) is 8.32. The van der Waals surface area contributed by atoms with Crippen molar-refractivity contribution in [3.63, 3.8) is 0 Å². The van der Waals surface area contributed by atoms with Crippen LogP contribution in [0.5, 0.6) is 0 Å². The Morgan fingerprint density at radius 1 is 1.13 bits per heavy atom. The van der Waals surface area contributed by atoms with E-state index in [1.54, 1.807) is 0 Å². The molecule has 1 rings (SSSR count). The Morgan fingerprint density at radius 2 is 1.70 bits per heavy atom. The van der Waals surface area contributed by atoms with Crippen LogP contribution in [0.2, 0.25) is 0 Å². The van der Waals surface area contributed by atoms with Crippen molar-refractivity contribution in [3.8, 4) is 0 Å². The first-order chi connectivity index (χ1) is 10.8. The molecule has 1 heterocycles. The smallest absolute Gasteiger partial charge is 0.303 e. The second-order valence-electron chi connectivity index (χ2n) is 4.71. The number of ether oxygens (including phenoxy) is 4. The minimum Gasteiger partial charge on any atom is -0.463 e. The molecule has 0 aromatic heterocycles. The number of azide groups is 1. The van der Waals surface area contributed by atoms with Crippen LogP contribution in [0.3, 0.4) is 0 Å². The molecule has 5 atom stereocenters. The highest BCUT2D eigenvalue weighted by Crippen LogP contribution is 2.28. The van der Waals surface area contributed by atoms with Crippen LogP contribution >= 0.6 is 0 Å². The Morgan fingerprint density at radius 3 is 2.17 bits per heavy atom. The molecule has 1 aliphatic rings. The van der Waals surface area contributed by atoms with E-state index in [-0.39, 0.29) is 6.61 Å². The number of carbonyl (C=O) groups excluding carboxylic acids is 3. The van der Waals surface area contributed by atoms with E-state index in [1.165, 1.54) is 0 Å². The third kappa shape index (κ3) is 5.40. The predicted octanol–water partition coefficient (Wildman–Crippen LogP) is -0.191. The molecule has 0 aliphatic carbocycles. The fourth-order valence-corrected chi connectivity index (χ4v) is 2.08. The third-order valence-electron chi connectivity index (χ3n) is 2.87. The van der Waals surface area contributed by atoms with Gasteiger partial charge in [0.05, 0.1) is 0 Å². The van der Waals surface area contributed by atoms with Gasteiger partial charge >= 0.3 is 17.9 Å². The lowest BCUT2D eigenvalue weighted by molar-refractivity contribution is -0.260. The summed E-state index contributed by atoms with van der Waals surface area (Å²) in [5.41, 5.74) is 8.57. The fourth-order valence-electron chi connectivity index (χ4n) is 2.08. The first-order valence-electron chi connectivity index (χ1n) is 6.61. The van der Waals surface area contributed by atoms with Gasteiger partial charge in [-0.15, -0.1) is 0 Å². The van der Waals surface area contributed by atoms with E-state index in [2.05, 4.69) is 10.0 Å². The zero-order valence-electron chi connectivity index (χ0n) is 12.7. The van der Waals surface area contributed by atoms with Crippen molar-refractivity contribution >= 4 is 17.9 Å². The van der Waals surface area contributed by atoms with Crippen LogP contribution in [0.25, 0.3) is 10.4 Å². The van der Waals surface area contributed by atoms with Crippen LogP contribution in [0.1, 0.15) is 20.8 Å². The maximum absolute atomic E-state index is 11.3. The van der Waals surface area contributed by atoms with Crippen LogP contribution < -0.4 is 0 Å². The molecule has 1 aliphatic heterocycles. The molecule has 23 heavy (non-hydrogen) atoms. The molecular formula is C12H17N3O8. The number of hydrogen-bond acceptors (Lipinski definition) is 9. The van der Waals surface area contributed by atoms with Gasteiger partial charge in [0.15, 0.2) is 18.5 Å². The number of nitrogens with zero attached hydrogens (tertiary/aromatic N) is 3. The van der Waals surface area contributed by atoms with Crippen LogP contribution in [0.15, 0.2) is 5.11 Å². The first-order valence-corrected chi connectivity index (χ1v) is 6.61. The lowest BCUT2D eigenvalue weighted by Gasteiger charge is -2.41. The van der Waals surface area contributed by atoms with Crippen molar-refractivity contribution in [2.75, 3.05) is 6.61 Å². The number of aliphatic hydroxyl groups is 1. The van der Waals surface area contributed by atoms with Crippen molar-refractivity contribution in [1.82, 2.24) is 0 Å². The molecule has 1 N–H and O–H groups in total. The molecule has 0 saturated carbocycles. The first kappa shape index (κ1) is 18.7. The summed E-state index contributed by atoms with van der Waals surface area (Å²) in [6.45, 7) is 3.01. The van der Waals surface area contributed by atoms with Crippen LogP contribution in [-0.4, -0.2) is 60.3 Å². The summed E-state index contributed by atoms with van der Waals surface area (Å²) in [6, 6.07) is -1.33. The minimum atomic E-state index is -1.64. The zero-order valence-corrected chi connectivity index (χ0v) is 12.7. The van der Waals surface area contributed by atoms with Gasteiger partial charge in [0, 0.05) is 25.7 Å². The number of aliphatic hydroxyl groups excluding tert-OH is 1. The Kier molecular flexibility index (Phi) is 6.76. The van der Waals surface area contributed by atoms with E-state index >= 15 is 0 Å². The lowest BCUT2D eigenvalue weighted by atomic mass is 9.97. The summed E-state index contributed by atoms with van der Waals surface area (Å²) in [5, 5.41) is 13.2. The summed E-state index contributed by atoms with van der Waals surface area (Å²) in [7, 11) is 0. The van der Waals surface area contributed by atoms with Crippen molar-refractivity contribution in [2.24, 2.45) is 5.11 Å². The number of hydrogen-bond donors (Lipinski definition) is 1.